The first kappa shape index (κ1) is 20.0. The Balaban J connectivity index is 2.11. The number of hydrogen-bond acceptors (Lipinski definition) is 3. The van der Waals surface area contributed by atoms with Crippen LogP contribution in [0.15, 0.2) is 53.0 Å². The molecule has 0 unspecified atom stereocenters. The molecular formula is C20H23BrN2O3. The van der Waals surface area contributed by atoms with Crippen LogP contribution in [0.3, 0.4) is 0 Å². The first-order valence-corrected chi connectivity index (χ1v) is 9.15. The minimum Gasteiger partial charge on any atom is -0.484 e. The molecule has 0 radical (unpaired) electrons. The largest absolute Gasteiger partial charge is 0.484 e. The second kappa shape index (κ2) is 9.38. The van der Waals surface area contributed by atoms with Gasteiger partial charge in [-0.05, 0) is 43.2 Å². The van der Waals surface area contributed by atoms with Gasteiger partial charge in [-0.2, -0.15) is 0 Å². The Labute approximate surface area is 162 Å². The van der Waals surface area contributed by atoms with Crippen molar-refractivity contribution in [3.05, 3.63) is 64.1 Å². The van der Waals surface area contributed by atoms with Crippen molar-refractivity contribution in [1.29, 1.82) is 0 Å². The molecule has 0 aliphatic carbocycles. The number of halogens is 1. The van der Waals surface area contributed by atoms with Crippen molar-refractivity contribution in [2.24, 2.45) is 0 Å². The normalized spacial score (nSPS) is 11.5. The molecule has 1 N–H and O–H groups in total. The van der Waals surface area contributed by atoms with Crippen LogP contribution in [0.25, 0.3) is 0 Å². The molecule has 138 valence electrons. The van der Waals surface area contributed by atoms with Crippen LogP contribution in [0.4, 0.5) is 0 Å². The van der Waals surface area contributed by atoms with Crippen LogP contribution >= 0.6 is 15.9 Å². The molecule has 0 bridgehead atoms. The number of likely N-dealkylation sites (N-methyl/N-ethyl adjacent to an activating group) is 1. The van der Waals surface area contributed by atoms with Gasteiger partial charge in [-0.3, -0.25) is 9.59 Å². The lowest BCUT2D eigenvalue weighted by Gasteiger charge is -2.28. The highest BCUT2D eigenvalue weighted by atomic mass is 79.9. The van der Waals surface area contributed by atoms with Crippen molar-refractivity contribution in [3.8, 4) is 5.75 Å². The maximum atomic E-state index is 12.7. The van der Waals surface area contributed by atoms with Crippen LogP contribution in [0.1, 0.15) is 18.1 Å². The molecule has 0 heterocycles. The lowest BCUT2D eigenvalue weighted by molar-refractivity contribution is -0.142. The molecule has 26 heavy (non-hydrogen) atoms. The lowest BCUT2D eigenvalue weighted by Crippen LogP contribution is -2.48. The van der Waals surface area contributed by atoms with E-state index >= 15 is 0 Å². The summed E-state index contributed by atoms with van der Waals surface area (Å²) in [5, 5.41) is 2.59. The molecule has 1 atom stereocenters. The van der Waals surface area contributed by atoms with E-state index in [2.05, 4.69) is 21.2 Å². The predicted molar refractivity (Wildman–Crippen MR) is 105 cm³/mol. The third-order valence-electron chi connectivity index (χ3n) is 4.10. The Morgan fingerprint density at radius 1 is 1.19 bits per heavy atom. The average Bonchev–Trinajstić information content (AvgIpc) is 2.66. The summed E-state index contributed by atoms with van der Waals surface area (Å²) in [6, 6.07) is 14.5. The second-order valence-electron chi connectivity index (χ2n) is 6.00. The molecule has 0 fully saturated rings. The number of rotatable bonds is 7. The van der Waals surface area contributed by atoms with E-state index in [-0.39, 0.29) is 18.4 Å². The van der Waals surface area contributed by atoms with Crippen LogP contribution in [-0.2, 0) is 16.1 Å². The first-order valence-electron chi connectivity index (χ1n) is 8.36. The van der Waals surface area contributed by atoms with Gasteiger partial charge in [0.2, 0.25) is 5.91 Å². The van der Waals surface area contributed by atoms with Crippen LogP contribution in [0.5, 0.6) is 5.75 Å². The van der Waals surface area contributed by atoms with Gasteiger partial charge in [0.15, 0.2) is 6.61 Å². The number of carbonyl (C=O) groups excluding carboxylic acids is 2. The van der Waals surface area contributed by atoms with E-state index in [1.165, 1.54) is 4.90 Å². The molecule has 0 aromatic heterocycles. The third kappa shape index (κ3) is 5.33. The summed E-state index contributed by atoms with van der Waals surface area (Å²) in [5.41, 5.74) is 1.98. The fourth-order valence-corrected chi connectivity index (χ4v) is 2.75. The van der Waals surface area contributed by atoms with Gasteiger partial charge in [0.25, 0.3) is 5.91 Å². The molecule has 0 aliphatic heterocycles. The van der Waals surface area contributed by atoms with Crippen molar-refractivity contribution >= 4 is 27.7 Å². The van der Waals surface area contributed by atoms with Crippen molar-refractivity contribution in [2.45, 2.75) is 26.4 Å². The van der Waals surface area contributed by atoms with E-state index in [4.69, 9.17) is 4.74 Å². The molecule has 6 heteroatoms. The summed E-state index contributed by atoms with van der Waals surface area (Å²) in [6.07, 6.45) is 0. The zero-order valence-corrected chi connectivity index (χ0v) is 16.7. The highest BCUT2D eigenvalue weighted by Gasteiger charge is 2.25. The van der Waals surface area contributed by atoms with E-state index in [9.17, 15) is 9.59 Å². The van der Waals surface area contributed by atoms with E-state index in [0.717, 1.165) is 15.6 Å². The van der Waals surface area contributed by atoms with Crippen molar-refractivity contribution in [3.63, 3.8) is 0 Å². The maximum absolute atomic E-state index is 12.7. The van der Waals surface area contributed by atoms with E-state index in [1.54, 1.807) is 20.0 Å². The van der Waals surface area contributed by atoms with Gasteiger partial charge in [-0.1, -0.05) is 46.3 Å². The molecule has 2 amide bonds. The minimum atomic E-state index is -0.594. The summed E-state index contributed by atoms with van der Waals surface area (Å²) >= 11 is 3.44. The Bertz CT molecular complexity index is 765. The van der Waals surface area contributed by atoms with Gasteiger partial charge in [0.1, 0.15) is 11.8 Å². The lowest BCUT2D eigenvalue weighted by atomic mass is 10.1. The molecule has 2 rings (SSSR count). The van der Waals surface area contributed by atoms with E-state index in [0.29, 0.717) is 12.3 Å². The fourth-order valence-electron chi connectivity index (χ4n) is 2.51. The van der Waals surface area contributed by atoms with E-state index in [1.807, 2.05) is 49.4 Å². The standard InChI is InChI=1S/C20H23BrN2O3/c1-14-11-17(9-10-18(14)21)26-13-19(24)23(15(2)20(25)22-3)12-16-7-5-4-6-8-16/h4-11,15H,12-13H2,1-3H3,(H,22,25)/t15-/m0/s1. The number of nitrogens with one attached hydrogen (secondary N) is 1. The van der Waals surface area contributed by atoms with Gasteiger partial charge in [0.05, 0.1) is 0 Å². The number of ether oxygens (including phenoxy) is 1. The number of nitrogens with zero attached hydrogens (tertiary/aromatic N) is 1. The predicted octanol–water partition coefficient (Wildman–Crippen LogP) is 3.30. The molecule has 2 aromatic rings. The zero-order chi connectivity index (χ0) is 19.1. The van der Waals surface area contributed by atoms with Gasteiger partial charge < -0.3 is 15.0 Å². The van der Waals surface area contributed by atoms with E-state index < -0.39 is 6.04 Å². The molecule has 0 aliphatic rings. The number of hydrogen-bond donors (Lipinski definition) is 1. The summed E-state index contributed by atoms with van der Waals surface area (Å²) in [4.78, 5) is 26.3. The van der Waals surface area contributed by atoms with Crippen LogP contribution in [0.2, 0.25) is 0 Å². The Kier molecular flexibility index (Phi) is 7.21. The van der Waals surface area contributed by atoms with Crippen LogP contribution in [0, 0.1) is 6.92 Å². The molecule has 0 saturated heterocycles. The number of carbonyl (C=O) groups is 2. The molecule has 5 nitrogen and oxygen atoms in total. The van der Waals surface area contributed by atoms with Gasteiger partial charge in [0, 0.05) is 18.1 Å². The Morgan fingerprint density at radius 3 is 2.50 bits per heavy atom. The maximum Gasteiger partial charge on any atom is 0.261 e. The number of amides is 2. The minimum absolute atomic E-state index is 0.130. The summed E-state index contributed by atoms with van der Waals surface area (Å²) in [5.74, 6) is 0.158. The molecule has 0 saturated carbocycles. The Hall–Kier alpha value is -2.34. The summed E-state index contributed by atoms with van der Waals surface area (Å²) in [7, 11) is 1.56. The van der Waals surface area contributed by atoms with Crippen LogP contribution < -0.4 is 10.1 Å². The summed E-state index contributed by atoms with van der Waals surface area (Å²) in [6.45, 7) is 3.88. The number of aryl methyl sites for hydroxylation is 1. The van der Waals surface area contributed by atoms with Crippen molar-refractivity contribution < 1.29 is 14.3 Å². The molecular weight excluding hydrogens is 396 g/mol. The average molecular weight is 419 g/mol. The third-order valence-corrected chi connectivity index (χ3v) is 4.99. The molecule has 0 spiro atoms. The Morgan fingerprint density at radius 2 is 1.88 bits per heavy atom. The monoisotopic (exact) mass is 418 g/mol. The summed E-state index contributed by atoms with van der Waals surface area (Å²) < 4.78 is 6.62. The van der Waals surface area contributed by atoms with Gasteiger partial charge in [-0.25, -0.2) is 0 Å². The highest BCUT2D eigenvalue weighted by Crippen LogP contribution is 2.21. The highest BCUT2D eigenvalue weighted by molar-refractivity contribution is 9.10. The topological polar surface area (TPSA) is 58.6 Å². The zero-order valence-electron chi connectivity index (χ0n) is 15.2. The van der Waals surface area contributed by atoms with Gasteiger partial charge in [-0.15, -0.1) is 0 Å². The van der Waals surface area contributed by atoms with Crippen LogP contribution in [-0.4, -0.2) is 36.4 Å². The smallest absolute Gasteiger partial charge is 0.261 e. The number of benzene rings is 2. The van der Waals surface area contributed by atoms with Gasteiger partial charge >= 0.3 is 0 Å². The van der Waals surface area contributed by atoms with Crippen molar-refractivity contribution in [1.82, 2.24) is 10.2 Å². The SMILES string of the molecule is CNC(=O)[C@H](C)N(Cc1ccccc1)C(=O)COc1ccc(Br)c(C)c1. The van der Waals surface area contributed by atoms with Crippen molar-refractivity contribution in [2.75, 3.05) is 13.7 Å². The molecule has 2 aromatic carbocycles. The quantitative estimate of drug-likeness (QED) is 0.750. The first-order chi connectivity index (χ1) is 12.4. The fraction of sp³-hybridized carbons (Fsp3) is 0.300. The second-order valence-corrected chi connectivity index (χ2v) is 6.85.